The topological polar surface area (TPSA) is 55.4 Å². The number of imide groups is 1. The lowest BCUT2D eigenvalue weighted by atomic mass is 10.3. The predicted octanol–water partition coefficient (Wildman–Crippen LogP) is -0.148. The van der Waals surface area contributed by atoms with E-state index in [2.05, 4.69) is 16.6 Å². The lowest BCUT2D eigenvalue weighted by Gasteiger charge is -2.00. The zero-order chi connectivity index (χ0) is 8.85. The minimum atomic E-state index is -0.466. The molecule has 0 rings (SSSR count). The van der Waals surface area contributed by atoms with Crippen molar-refractivity contribution in [1.29, 1.82) is 0 Å². The third-order valence-corrected chi connectivity index (χ3v) is 0.916. The van der Waals surface area contributed by atoms with Crippen molar-refractivity contribution in [2.45, 2.75) is 6.92 Å². The highest BCUT2D eigenvalue weighted by atomic mass is 16.5. The van der Waals surface area contributed by atoms with E-state index in [1.165, 1.54) is 14.0 Å². The van der Waals surface area contributed by atoms with E-state index in [4.69, 9.17) is 0 Å². The monoisotopic (exact) mass is 157 g/mol. The number of carbonyl (C=O) groups excluding carboxylic acids is 2. The van der Waals surface area contributed by atoms with Crippen LogP contribution in [0.4, 0.5) is 0 Å². The standard InChI is InChI=1S/C7H11NO3/c1-5(2)7(10)8-6(9)4-11-3/h1,4H2,2-3H3,(H,8,9,10). The molecule has 11 heavy (non-hydrogen) atoms. The summed E-state index contributed by atoms with van der Waals surface area (Å²) in [6, 6.07) is 0. The van der Waals surface area contributed by atoms with Crippen LogP contribution in [0, 0.1) is 0 Å². The average molecular weight is 157 g/mol. The Labute approximate surface area is 65.2 Å². The van der Waals surface area contributed by atoms with Crippen LogP contribution >= 0.6 is 0 Å². The molecular formula is C7H11NO3. The van der Waals surface area contributed by atoms with Gasteiger partial charge in [0.2, 0.25) is 0 Å². The van der Waals surface area contributed by atoms with E-state index < -0.39 is 11.8 Å². The number of hydrogen-bond acceptors (Lipinski definition) is 3. The molecule has 2 amide bonds. The molecule has 4 heteroatoms. The molecule has 0 saturated carbocycles. The quantitative estimate of drug-likeness (QED) is 0.580. The van der Waals surface area contributed by atoms with Gasteiger partial charge in [0.15, 0.2) is 0 Å². The summed E-state index contributed by atoms with van der Waals surface area (Å²) in [6.45, 7) is 4.77. The summed E-state index contributed by atoms with van der Waals surface area (Å²) in [6.07, 6.45) is 0. The highest BCUT2D eigenvalue weighted by Crippen LogP contribution is 1.84. The van der Waals surface area contributed by atoms with Crippen LogP contribution in [0.5, 0.6) is 0 Å². The van der Waals surface area contributed by atoms with Crippen LogP contribution in [0.15, 0.2) is 12.2 Å². The molecule has 0 aliphatic carbocycles. The Morgan fingerprint density at radius 3 is 2.45 bits per heavy atom. The molecule has 4 nitrogen and oxygen atoms in total. The van der Waals surface area contributed by atoms with Crippen molar-refractivity contribution in [3.05, 3.63) is 12.2 Å². The van der Waals surface area contributed by atoms with Crippen molar-refractivity contribution in [3.63, 3.8) is 0 Å². The molecule has 0 atom stereocenters. The van der Waals surface area contributed by atoms with Crippen molar-refractivity contribution >= 4 is 11.8 Å². The molecule has 0 bridgehead atoms. The summed E-state index contributed by atoms with van der Waals surface area (Å²) in [5.74, 6) is -0.924. The van der Waals surface area contributed by atoms with Gasteiger partial charge < -0.3 is 4.74 Å². The second kappa shape index (κ2) is 4.62. The van der Waals surface area contributed by atoms with Crippen LogP contribution < -0.4 is 5.32 Å². The van der Waals surface area contributed by atoms with Crippen LogP contribution in [0.25, 0.3) is 0 Å². The predicted molar refractivity (Wildman–Crippen MR) is 39.8 cm³/mol. The Kier molecular flexibility index (Phi) is 4.14. The van der Waals surface area contributed by atoms with Gasteiger partial charge in [0.05, 0.1) is 0 Å². The SMILES string of the molecule is C=C(C)C(=O)NC(=O)COC. The van der Waals surface area contributed by atoms with E-state index in [-0.39, 0.29) is 6.61 Å². The number of ether oxygens (including phenoxy) is 1. The Morgan fingerprint density at radius 1 is 1.55 bits per heavy atom. The second-order valence-corrected chi connectivity index (χ2v) is 2.09. The summed E-state index contributed by atoms with van der Waals surface area (Å²) in [5, 5.41) is 2.08. The molecule has 0 aliphatic heterocycles. The van der Waals surface area contributed by atoms with E-state index in [0.717, 1.165) is 0 Å². The molecule has 0 aliphatic rings. The van der Waals surface area contributed by atoms with Gasteiger partial charge in [-0.25, -0.2) is 0 Å². The van der Waals surface area contributed by atoms with Crippen LogP contribution in [0.2, 0.25) is 0 Å². The Balaban J connectivity index is 3.76. The van der Waals surface area contributed by atoms with E-state index in [9.17, 15) is 9.59 Å². The molecule has 0 unspecified atom stereocenters. The third-order valence-electron chi connectivity index (χ3n) is 0.916. The van der Waals surface area contributed by atoms with Gasteiger partial charge in [0.25, 0.3) is 11.8 Å². The number of carbonyl (C=O) groups is 2. The molecule has 0 aromatic carbocycles. The minimum Gasteiger partial charge on any atom is -0.375 e. The molecule has 0 heterocycles. The molecule has 0 aromatic rings. The van der Waals surface area contributed by atoms with Crippen molar-refractivity contribution in [2.24, 2.45) is 0 Å². The highest BCUT2D eigenvalue weighted by Gasteiger charge is 2.06. The van der Waals surface area contributed by atoms with Gasteiger partial charge in [-0.15, -0.1) is 0 Å². The van der Waals surface area contributed by atoms with Gasteiger partial charge in [-0.1, -0.05) is 6.58 Å². The highest BCUT2D eigenvalue weighted by molar-refractivity contribution is 6.03. The second-order valence-electron chi connectivity index (χ2n) is 2.09. The fourth-order valence-electron chi connectivity index (χ4n) is 0.401. The maximum absolute atomic E-state index is 10.7. The number of rotatable bonds is 3. The molecule has 0 radical (unpaired) electrons. The molecule has 0 fully saturated rings. The smallest absolute Gasteiger partial charge is 0.252 e. The number of nitrogens with one attached hydrogen (secondary N) is 1. The van der Waals surface area contributed by atoms with Gasteiger partial charge >= 0.3 is 0 Å². The molecule has 0 aromatic heterocycles. The van der Waals surface area contributed by atoms with Crippen LogP contribution in [-0.2, 0) is 14.3 Å². The van der Waals surface area contributed by atoms with Gasteiger partial charge in [-0.3, -0.25) is 14.9 Å². The molecular weight excluding hydrogens is 146 g/mol. The van der Waals surface area contributed by atoms with Gasteiger partial charge in [0, 0.05) is 12.7 Å². The van der Waals surface area contributed by atoms with Crippen LogP contribution in [-0.4, -0.2) is 25.5 Å². The lowest BCUT2D eigenvalue weighted by Crippen LogP contribution is -2.33. The Morgan fingerprint density at radius 2 is 2.09 bits per heavy atom. The first-order valence-electron chi connectivity index (χ1n) is 3.06. The zero-order valence-corrected chi connectivity index (χ0v) is 6.64. The van der Waals surface area contributed by atoms with Crippen molar-refractivity contribution in [3.8, 4) is 0 Å². The van der Waals surface area contributed by atoms with E-state index in [0.29, 0.717) is 5.57 Å². The molecule has 1 N–H and O–H groups in total. The number of methoxy groups -OCH3 is 1. The molecule has 0 spiro atoms. The summed E-state index contributed by atoms with van der Waals surface area (Å²) in [4.78, 5) is 21.4. The van der Waals surface area contributed by atoms with Crippen molar-refractivity contribution < 1.29 is 14.3 Å². The largest absolute Gasteiger partial charge is 0.375 e. The lowest BCUT2D eigenvalue weighted by molar-refractivity contribution is -0.130. The van der Waals surface area contributed by atoms with E-state index >= 15 is 0 Å². The first-order chi connectivity index (χ1) is 5.07. The van der Waals surface area contributed by atoms with Crippen molar-refractivity contribution in [2.75, 3.05) is 13.7 Å². The van der Waals surface area contributed by atoms with Crippen LogP contribution in [0.1, 0.15) is 6.92 Å². The van der Waals surface area contributed by atoms with E-state index in [1.54, 1.807) is 0 Å². The fraction of sp³-hybridized carbons (Fsp3) is 0.429. The van der Waals surface area contributed by atoms with Crippen LogP contribution in [0.3, 0.4) is 0 Å². The summed E-state index contributed by atoms with van der Waals surface area (Å²) in [7, 11) is 1.38. The van der Waals surface area contributed by atoms with Gasteiger partial charge in [-0.2, -0.15) is 0 Å². The Bertz CT molecular complexity index is 186. The van der Waals surface area contributed by atoms with E-state index in [1.807, 2.05) is 0 Å². The summed E-state index contributed by atoms with van der Waals surface area (Å²) >= 11 is 0. The number of amides is 2. The first kappa shape index (κ1) is 9.84. The summed E-state index contributed by atoms with van der Waals surface area (Å²) < 4.78 is 4.49. The third kappa shape index (κ3) is 4.27. The maximum Gasteiger partial charge on any atom is 0.252 e. The Hall–Kier alpha value is -1.16. The zero-order valence-electron chi connectivity index (χ0n) is 6.64. The number of hydrogen-bond donors (Lipinski definition) is 1. The minimum absolute atomic E-state index is 0.112. The molecule has 62 valence electrons. The van der Waals surface area contributed by atoms with Crippen molar-refractivity contribution in [1.82, 2.24) is 5.32 Å². The first-order valence-corrected chi connectivity index (χ1v) is 3.06. The fourth-order valence-corrected chi connectivity index (χ4v) is 0.401. The summed E-state index contributed by atoms with van der Waals surface area (Å²) in [5.41, 5.74) is 0.300. The normalized spacial score (nSPS) is 8.91. The average Bonchev–Trinajstić information content (AvgIpc) is 1.87. The molecule has 0 saturated heterocycles. The van der Waals surface area contributed by atoms with Gasteiger partial charge in [-0.05, 0) is 6.92 Å². The maximum atomic E-state index is 10.7. The van der Waals surface area contributed by atoms with Gasteiger partial charge in [0.1, 0.15) is 6.61 Å².